The third-order valence-corrected chi connectivity index (χ3v) is 17.4. The molecule has 8 rings (SSSR count). The van der Waals surface area contributed by atoms with Crippen LogP contribution in [0, 0.1) is 46.3 Å². The summed E-state index contributed by atoms with van der Waals surface area (Å²) in [4.78, 5) is 0. The van der Waals surface area contributed by atoms with Crippen molar-refractivity contribution in [3.05, 3.63) is 11.3 Å². The highest BCUT2D eigenvalue weighted by Gasteiger charge is 2.65. The fraction of sp³-hybridized carbons (Fsp3) is 0.956. The van der Waals surface area contributed by atoms with Crippen LogP contribution in [0.15, 0.2) is 11.3 Å². The van der Waals surface area contributed by atoms with Gasteiger partial charge in [0.25, 0.3) is 0 Å². The highest BCUT2D eigenvalue weighted by Crippen LogP contribution is 2.70. The summed E-state index contributed by atoms with van der Waals surface area (Å²) in [5.74, 6) is 3.56. The van der Waals surface area contributed by atoms with Crippen molar-refractivity contribution < 1.29 is 89.3 Å². The molecule has 0 amide bonds. The maximum atomic E-state index is 11.2. The molecule has 0 spiro atoms. The first-order chi connectivity index (χ1) is 29.9. The van der Waals surface area contributed by atoms with Gasteiger partial charge in [0.2, 0.25) is 0 Å². The molecule has 0 aromatic heterocycles. The summed E-state index contributed by atoms with van der Waals surface area (Å²) in [6, 6.07) is 0. The molecular weight excluding hydrogens is 828 g/mol. The van der Waals surface area contributed by atoms with Gasteiger partial charge in [-0.05, 0) is 111 Å². The molecule has 4 heterocycles. The fourth-order valence-corrected chi connectivity index (χ4v) is 13.7. The third kappa shape index (κ3) is 8.68. The lowest BCUT2D eigenvalue weighted by Gasteiger charge is -2.61. The molecule has 1 unspecified atom stereocenters. The van der Waals surface area contributed by atoms with E-state index in [1.165, 1.54) is 5.57 Å². The molecule has 18 heteroatoms. The normalized spacial score (nSPS) is 52.7. The van der Waals surface area contributed by atoms with E-state index in [1.54, 1.807) is 0 Å². The molecule has 0 aromatic carbocycles. The fourth-order valence-electron chi connectivity index (χ4n) is 13.7. The van der Waals surface area contributed by atoms with Crippen LogP contribution in [-0.4, -0.2) is 187 Å². The Labute approximate surface area is 369 Å². The lowest BCUT2D eigenvalue weighted by atomic mass is 9.44. The van der Waals surface area contributed by atoms with Gasteiger partial charge in [0.1, 0.15) is 79.4 Å². The Balaban J connectivity index is 0.872. The number of hydrogen-bond donors (Lipinski definition) is 11. The Morgan fingerprint density at radius 2 is 1.22 bits per heavy atom. The van der Waals surface area contributed by atoms with Gasteiger partial charge in [-0.25, -0.2) is 0 Å². The zero-order valence-electron chi connectivity index (χ0n) is 37.0. The van der Waals surface area contributed by atoms with Crippen molar-refractivity contribution in [3.8, 4) is 0 Å². The quantitative estimate of drug-likeness (QED) is 0.101. The second-order valence-electron chi connectivity index (χ2n) is 20.9. The van der Waals surface area contributed by atoms with E-state index in [9.17, 15) is 56.2 Å². The molecule has 11 N–H and O–H groups in total. The summed E-state index contributed by atoms with van der Waals surface area (Å²) >= 11 is 0. The average Bonchev–Trinajstić information content (AvgIpc) is 3.76. The van der Waals surface area contributed by atoms with Crippen LogP contribution in [0.5, 0.6) is 0 Å². The first-order valence-electron chi connectivity index (χ1n) is 23.5. The maximum absolute atomic E-state index is 11.2. The summed E-state index contributed by atoms with van der Waals surface area (Å²) in [5.41, 5.74) is 1.57. The first-order valence-corrected chi connectivity index (χ1v) is 23.5. The van der Waals surface area contributed by atoms with E-state index in [2.05, 4.69) is 27.7 Å². The van der Waals surface area contributed by atoms with Crippen LogP contribution in [0.1, 0.15) is 91.9 Å². The zero-order valence-corrected chi connectivity index (χ0v) is 37.0. The number of aliphatic hydroxyl groups is 11. The smallest absolute Gasteiger partial charge is 0.187 e. The number of aliphatic hydroxyl groups excluding tert-OH is 11. The summed E-state index contributed by atoms with van der Waals surface area (Å²) in [6.45, 7) is 7.74. The molecule has 4 saturated carbocycles. The summed E-state index contributed by atoms with van der Waals surface area (Å²) in [5, 5.41) is 113. The largest absolute Gasteiger partial charge is 0.494 e. The maximum Gasteiger partial charge on any atom is 0.187 e. The second-order valence-corrected chi connectivity index (χ2v) is 20.9. The third-order valence-electron chi connectivity index (χ3n) is 17.4. The molecule has 7 fully saturated rings. The van der Waals surface area contributed by atoms with Crippen LogP contribution in [0.25, 0.3) is 0 Å². The molecule has 362 valence electrons. The minimum absolute atomic E-state index is 0.0928. The molecule has 4 aliphatic heterocycles. The molecular formula is C45H74O18. The molecule has 25 atom stereocenters. The minimum atomic E-state index is -1.74. The van der Waals surface area contributed by atoms with Gasteiger partial charge in [0.05, 0.1) is 38.3 Å². The van der Waals surface area contributed by atoms with E-state index in [4.69, 9.17) is 33.2 Å². The van der Waals surface area contributed by atoms with E-state index >= 15 is 0 Å². The van der Waals surface area contributed by atoms with Gasteiger partial charge in [-0.3, -0.25) is 0 Å². The molecule has 8 aliphatic rings. The van der Waals surface area contributed by atoms with Crippen molar-refractivity contribution in [1.29, 1.82) is 0 Å². The van der Waals surface area contributed by atoms with Crippen LogP contribution in [-0.2, 0) is 33.2 Å². The first kappa shape index (κ1) is 48.3. The lowest BCUT2D eigenvalue weighted by Crippen LogP contribution is -2.65. The Bertz CT molecular complexity index is 1580. The number of rotatable bonds is 13. The standard InChI is InChI=1S/C45H74O18/c1-19(18-57-41-38(55)35(52)32(49)28(15-46)60-41)5-8-26-20(2)31-27(59-26)14-25-23-7-6-21-13-22(9-11-44(21,3)24(23)10-12-45(25,31)4)58-43-40(37(54)34(51)30(17-48)62-43)63-42-39(56)36(53)33(50)29(16-47)61-42/h19,21-25,27-43,46-56H,5-18H2,1-4H3/t19-,21?,22-,23+,24-,25-,27-,28+,29+,30+,31-,32+,33+,34-,35-,36-,37-,38+,39+,40+,41+,42-,43+,44-,45-/m0/s1. The number of allylic oxidation sites excluding steroid dienone is 1. The van der Waals surface area contributed by atoms with E-state index in [0.29, 0.717) is 29.6 Å². The van der Waals surface area contributed by atoms with E-state index < -0.39 is 112 Å². The van der Waals surface area contributed by atoms with Crippen LogP contribution >= 0.6 is 0 Å². The van der Waals surface area contributed by atoms with Crippen molar-refractivity contribution >= 4 is 0 Å². The van der Waals surface area contributed by atoms with E-state index in [-0.39, 0.29) is 35.6 Å². The predicted octanol–water partition coefficient (Wildman–Crippen LogP) is -0.830. The highest BCUT2D eigenvalue weighted by atomic mass is 16.8. The lowest BCUT2D eigenvalue weighted by molar-refractivity contribution is -0.373. The van der Waals surface area contributed by atoms with Crippen molar-refractivity contribution in [2.45, 2.75) is 196 Å². The Morgan fingerprint density at radius 3 is 1.87 bits per heavy atom. The van der Waals surface area contributed by atoms with Gasteiger partial charge in [-0.15, -0.1) is 0 Å². The monoisotopic (exact) mass is 902 g/mol. The van der Waals surface area contributed by atoms with Gasteiger partial charge < -0.3 is 89.3 Å². The molecule has 0 radical (unpaired) electrons. The number of hydrogen-bond acceptors (Lipinski definition) is 18. The van der Waals surface area contributed by atoms with E-state index in [1.807, 2.05) is 0 Å². The molecule has 4 aliphatic carbocycles. The Morgan fingerprint density at radius 1 is 0.635 bits per heavy atom. The molecule has 0 aromatic rings. The molecule has 0 bridgehead atoms. The van der Waals surface area contributed by atoms with Crippen molar-refractivity contribution in [3.63, 3.8) is 0 Å². The van der Waals surface area contributed by atoms with Crippen molar-refractivity contribution in [2.75, 3.05) is 26.4 Å². The van der Waals surface area contributed by atoms with Gasteiger partial charge >= 0.3 is 0 Å². The SMILES string of the molecule is CC1=C(CC[C@H](C)CO[C@@H]2O[C@H](CO)[C@@H](O)[C@H](O)[C@H]2O)O[C@H]2C[C@H]3[C@@H]4CCC5C[C@@H](O[C@@H]6O[C@H](CO)[C@H](O)[C@H](O)[C@H]6O[C@@H]6O[C@H](CO)[C@@H](O)[C@H](O)[C@H]6O)CC[C@]5(C)[C@H]4CC[C@]3(C)[C@@H]12. The highest BCUT2D eigenvalue weighted by molar-refractivity contribution is 5.26. The van der Waals surface area contributed by atoms with Crippen LogP contribution in [0.4, 0.5) is 0 Å². The van der Waals surface area contributed by atoms with Gasteiger partial charge in [-0.2, -0.15) is 0 Å². The minimum Gasteiger partial charge on any atom is -0.494 e. The molecule has 18 nitrogen and oxygen atoms in total. The number of fused-ring (bicyclic) bond motifs is 7. The summed E-state index contributed by atoms with van der Waals surface area (Å²) < 4.78 is 42.2. The summed E-state index contributed by atoms with van der Waals surface area (Å²) in [7, 11) is 0. The van der Waals surface area contributed by atoms with Crippen LogP contribution in [0.2, 0.25) is 0 Å². The van der Waals surface area contributed by atoms with Crippen molar-refractivity contribution in [2.24, 2.45) is 46.3 Å². The van der Waals surface area contributed by atoms with Gasteiger partial charge in [0.15, 0.2) is 18.9 Å². The van der Waals surface area contributed by atoms with Gasteiger partial charge in [0, 0.05) is 12.3 Å². The Kier molecular flexibility index (Phi) is 14.6. The molecule has 3 saturated heterocycles. The number of ether oxygens (including phenoxy) is 7. The van der Waals surface area contributed by atoms with Crippen LogP contribution in [0.3, 0.4) is 0 Å². The Hall–Kier alpha value is -1.14. The zero-order chi connectivity index (χ0) is 45.3. The van der Waals surface area contributed by atoms with Gasteiger partial charge in [-0.1, -0.05) is 20.8 Å². The summed E-state index contributed by atoms with van der Waals surface area (Å²) in [6.07, 6.45) is -12.1. The topological polar surface area (TPSA) is 287 Å². The predicted molar refractivity (Wildman–Crippen MR) is 218 cm³/mol. The van der Waals surface area contributed by atoms with Crippen LogP contribution < -0.4 is 0 Å². The molecule has 63 heavy (non-hydrogen) atoms. The second kappa shape index (κ2) is 19.1. The van der Waals surface area contributed by atoms with Crippen molar-refractivity contribution in [1.82, 2.24) is 0 Å². The average molecular weight is 903 g/mol. The van der Waals surface area contributed by atoms with E-state index in [0.717, 1.165) is 70.0 Å².